The molecule has 1 aromatic rings. The average Bonchev–Trinajstić information content (AvgIpc) is 2.57. The van der Waals surface area contributed by atoms with E-state index in [-0.39, 0.29) is 18.2 Å². The molecule has 1 rings (SSSR count). The zero-order valence-corrected chi connectivity index (χ0v) is 15.5. The van der Waals surface area contributed by atoms with Crippen LogP contribution >= 0.6 is 11.8 Å². The van der Waals surface area contributed by atoms with Gasteiger partial charge in [0.2, 0.25) is 11.8 Å². The molecule has 0 aliphatic heterocycles. The quantitative estimate of drug-likeness (QED) is 0.438. The minimum atomic E-state index is -1.12. The van der Waals surface area contributed by atoms with Crippen molar-refractivity contribution in [2.24, 2.45) is 11.7 Å². The first kappa shape index (κ1) is 21.5. The van der Waals surface area contributed by atoms with Crippen LogP contribution in [0.1, 0.15) is 30.6 Å². The first-order valence-corrected chi connectivity index (χ1v) is 8.99. The van der Waals surface area contributed by atoms with Crippen LogP contribution in [0.25, 0.3) is 0 Å². The summed E-state index contributed by atoms with van der Waals surface area (Å²) in [6, 6.07) is 5.61. The Balaban J connectivity index is 2.64. The van der Waals surface area contributed by atoms with E-state index in [1.54, 1.807) is 24.3 Å². The third kappa shape index (κ3) is 7.56. The third-order valence-corrected chi connectivity index (χ3v) is 4.35. The Labute approximate surface area is 155 Å². The first-order chi connectivity index (χ1) is 12.2. The van der Waals surface area contributed by atoms with Crippen molar-refractivity contribution in [3.63, 3.8) is 0 Å². The molecule has 0 radical (unpaired) electrons. The Morgan fingerprint density at radius 1 is 1.19 bits per heavy atom. The second-order valence-corrected chi connectivity index (χ2v) is 7.04. The molecule has 26 heavy (non-hydrogen) atoms. The fourth-order valence-electron chi connectivity index (χ4n) is 2.12. The van der Waals surface area contributed by atoms with E-state index in [9.17, 15) is 19.2 Å². The summed E-state index contributed by atoms with van der Waals surface area (Å²) >= 11 is 1.13. The second kappa shape index (κ2) is 10.4. The SMILES string of the molecule is CC(C)C[C@H](NC(=O)CNC(=O)c1ccccc1SCC(N)=O)C(=O)O. The summed E-state index contributed by atoms with van der Waals surface area (Å²) in [6.45, 7) is 3.35. The third-order valence-electron chi connectivity index (χ3n) is 3.25. The minimum Gasteiger partial charge on any atom is -0.480 e. The summed E-state index contributed by atoms with van der Waals surface area (Å²) in [5.41, 5.74) is 5.42. The number of nitrogens with one attached hydrogen (secondary N) is 2. The summed E-state index contributed by atoms with van der Waals surface area (Å²) in [6.07, 6.45) is 0.293. The zero-order valence-electron chi connectivity index (χ0n) is 14.7. The molecule has 0 aliphatic carbocycles. The standard InChI is InChI=1S/C17H23N3O5S/c1-10(2)7-12(17(24)25)20-15(22)8-19-16(23)11-5-3-4-6-13(11)26-9-14(18)21/h3-6,10,12H,7-9H2,1-2H3,(H2,18,21)(H,19,23)(H,20,22)(H,24,25)/t12-/m0/s1. The topological polar surface area (TPSA) is 139 Å². The van der Waals surface area contributed by atoms with Crippen molar-refractivity contribution in [1.29, 1.82) is 0 Å². The summed E-state index contributed by atoms with van der Waals surface area (Å²) in [5, 5.41) is 14.0. The van der Waals surface area contributed by atoms with Gasteiger partial charge in [-0.1, -0.05) is 26.0 Å². The van der Waals surface area contributed by atoms with Crippen LogP contribution in [0, 0.1) is 5.92 Å². The molecule has 142 valence electrons. The lowest BCUT2D eigenvalue weighted by Crippen LogP contribution is -2.46. The Morgan fingerprint density at radius 2 is 1.85 bits per heavy atom. The molecule has 0 aromatic heterocycles. The number of primary amides is 1. The van der Waals surface area contributed by atoms with E-state index in [1.165, 1.54) is 0 Å². The predicted octanol–water partition coefficient (Wildman–Crippen LogP) is 0.609. The smallest absolute Gasteiger partial charge is 0.326 e. The number of hydrogen-bond donors (Lipinski definition) is 4. The normalized spacial score (nSPS) is 11.7. The van der Waals surface area contributed by atoms with Crippen LogP contribution < -0.4 is 16.4 Å². The number of nitrogens with two attached hydrogens (primary N) is 1. The van der Waals surface area contributed by atoms with Gasteiger partial charge in [0, 0.05) is 4.90 Å². The van der Waals surface area contributed by atoms with Gasteiger partial charge in [0.25, 0.3) is 5.91 Å². The summed E-state index contributed by atoms with van der Waals surface area (Å²) in [5.74, 6) is -2.58. The van der Waals surface area contributed by atoms with Crippen LogP contribution in [0.4, 0.5) is 0 Å². The summed E-state index contributed by atoms with van der Waals surface area (Å²) in [4.78, 5) is 46.8. The number of amides is 3. The maximum atomic E-state index is 12.3. The highest BCUT2D eigenvalue weighted by Gasteiger charge is 2.21. The summed E-state index contributed by atoms with van der Waals surface area (Å²) in [7, 11) is 0. The molecule has 0 heterocycles. The molecule has 0 fully saturated rings. The number of thioether (sulfide) groups is 1. The lowest BCUT2D eigenvalue weighted by Gasteiger charge is -2.16. The van der Waals surface area contributed by atoms with Crippen LogP contribution in [0.5, 0.6) is 0 Å². The number of carboxylic acids is 1. The molecule has 1 aromatic carbocycles. The first-order valence-electron chi connectivity index (χ1n) is 8.01. The highest BCUT2D eigenvalue weighted by atomic mass is 32.2. The van der Waals surface area contributed by atoms with E-state index >= 15 is 0 Å². The highest BCUT2D eigenvalue weighted by molar-refractivity contribution is 8.00. The number of carbonyl (C=O) groups excluding carboxylic acids is 3. The molecule has 0 unspecified atom stereocenters. The van der Waals surface area contributed by atoms with Gasteiger partial charge in [0.15, 0.2) is 0 Å². The maximum absolute atomic E-state index is 12.3. The van der Waals surface area contributed by atoms with Crippen LogP contribution in [0.3, 0.4) is 0 Å². The lowest BCUT2D eigenvalue weighted by molar-refractivity contribution is -0.142. The zero-order chi connectivity index (χ0) is 19.7. The summed E-state index contributed by atoms with van der Waals surface area (Å²) < 4.78 is 0. The Bertz CT molecular complexity index is 678. The van der Waals surface area contributed by atoms with Crippen molar-refractivity contribution < 1.29 is 24.3 Å². The van der Waals surface area contributed by atoms with Gasteiger partial charge in [0.1, 0.15) is 6.04 Å². The molecule has 9 heteroatoms. The van der Waals surface area contributed by atoms with Gasteiger partial charge in [-0.25, -0.2) is 4.79 Å². The monoisotopic (exact) mass is 381 g/mol. The fraction of sp³-hybridized carbons (Fsp3) is 0.412. The van der Waals surface area contributed by atoms with Crippen molar-refractivity contribution in [2.45, 2.75) is 31.2 Å². The van der Waals surface area contributed by atoms with E-state index < -0.39 is 29.7 Å². The Kier molecular flexibility index (Phi) is 8.63. The van der Waals surface area contributed by atoms with Gasteiger partial charge < -0.3 is 21.5 Å². The largest absolute Gasteiger partial charge is 0.480 e. The number of benzene rings is 1. The molecular weight excluding hydrogens is 358 g/mol. The fourth-order valence-corrected chi connectivity index (χ4v) is 2.91. The molecule has 5 N–H and O–H groups in total. The molecule has 3 amide bonds. The molecule has 0 bridgehead atoms. The lowest BCUT2D eigenvalue weighted by atomic mass is 10.0. The van der Waals surface area contributed by atoms with Crippen LogP contribution in [0.2, 0.25) is 0 Å². The number of carbonyl (C=O) groups is 4. The molecular formula is C17H23N3O5S. The Hall–Kier alpha value is -2.55. The van der Waals surface area contributed by atoms with E-state index in [2.05, 4.69) is 10.6 Å². The van der Waals surface area contributed by atoms with Crippen molar-refractivity contribution in [2.75, 3.05) is 12.3 Å². The number of aliphatic carboxylic acids is 1. The maximum Gasteiger partial charge on any atom is 0.326 e. The van der Waals surface area contributed by atoms with Gasteiger partial charge in [-0.05, 0) is 24.5 Å². The minimum absolute atomic E-state index is 0.0280. The molecule has 0 saturated heterocycles. The van der Waals surface area contributed by atoms with Crippen molar-refractivity contribution in [3.05, 3.63) is 29.8 Å². The van der Waals surface area contributed by atoms with E-state index in [1.807, 2.05) is 13.8 Å². The van der Waals surface area contributed by atoms with Crippen molar-refractivity contribution in [1.82, 2.24) is 10.6 Å². The number of carboxylic acid groups (broad SMARTS) is 1. The predicted molar refractivity (Wildman–Crippen MR) is 97.7 cm³/mol. The second-order valence-electron chi connectivity index (χ2n) is 6.02. The molecule has 0 aliphatic rings. The highest BCUT2D eigenvalue weighted by Crippen LogP contribution is 2.22. The number of hydrogen-bond acceptors (Lipinski definition) is 5. The van der Waals surface area contributed by atoms with Gasteiger partial charge in [-0.15, -0.1) is 11.8 Å². The van der Waals surface area contributed by atoms with Crippen molar-refractivity contribution >= 4 is 35.5 Å². The van der Waals surface area contributed by atoms with Gasteiger partial charge in [0.05, 0.1) is 17.9 Å². The molecule has 0 spiro atoms. The average molecular weight is 381 g/mol. The van der Waals surface area contributed by atoms with E-state index in [4.69, 9.17) is 10.8 Å². The van der Waals surface area contributed by atoms with E-state index in [0.717, 1.165) is 11.8 Å². The van der Waals surface area contributed by atoms with Crippen LogP contribution in [-0.2, 0) is 14.4 Å². The van der Waals surface area contributed by atoms with Crippen LogP contribution in [0.15, 0.2) is 29.2 Å². The molecule has 1 atom stereocenters. The molecule has 8 nitrogen and oxygen atoms in total. The van der Waals surface area contributed by atoms with E-state index in [0.29, 0.717) is 16.9 Å². The van der Waals surface area contributed by atoms with Gasteiger partial charge in [-0.2, -0.15) is 0 Å². The van der Waals surface area contributed by atoms with Crippen LogP contribution in [-0.4, -0.2) is 47.1 Å². The Morgan fingerprint density at radius 3 is 2.42 bits per heavy atom. The van der Waals surface area contributed by atoms with Gasteiger partial charge >= 0.3 is 5.97 Å². The van der Waals surface area contributed by atoms with Gasteiger partial charge in [-0.3, -0.25) is 14.4 Å². The molecule has 0 saturated carbocycles. The van der Waals surface area contributed by atoms with Crippen molar-refractivity contribution in [3.8, 4) is 0 Å². The number of rotatable bonds is 10.